The molecule has 0 saturated carbocycles. The number of aromatic nitrogens is 1. The summed E-state index contributed by atoms with van der Waals surface area (Å²) in [7, 11) is 0. The number of benzene rings is 1. The molecule has 0 unspecified atom stereocenters. The van der Waals surface area contributed by atoms with Crippen LogP contribution >= 0.6 is 27.3 Å². The molecule has 0 aliphatic heterocycles. The monoisotopic (exact) mass is 448 g/mol. The summed E-state index contributed by atoms with van der Waals surface area (Å²) in [4.78, 5) is 51.4. The average molecular weight is 449 g/mol. The molecule has 2 heterocycles. The van der Waals surface area contributed by atoms with Crippen molar-refractivity contribution in [2.24, 2.45) is 0 Å². The number of hydrazine groups is 1. The maximum atomic E-state index is 12.3. The molecule has 8 nitrogen and oxygen atoms in total. The van der Waals surface area contributed by atoms with E-state index < -0.39 is 29.7 Å². The number of halogens is 1. The van der Waals surface area contributed by atoms with Crippen LogP contribution in [0.1, 0.15) is 20.0 Å². The first kappa shape index (κ1) is 18.8. The predicted molar refractivity (Wildman–Crippen MR) is 105 cm³/mol. The Morgan fingerprint density at radius 3 is 2.56 bits per heavy atom. The van der Waals surface area contributed by atoms with Gasteiger partial charge in [-0.05, 0) is 40.2 Å². The Bertz CT molecular complexity index is 1090. The van der Waals surface area contributed by atoms with Gasteiger partial charge in [0.1, 0.15) is 5.56 Å². The minimum Gasteiger partial charge on any atom is -0.360 e. The van der Waals surface area contributed by atoms with Crippen LogP contribution in [-0.2, 0) is 4.79 Å². The first-order valence-corrected chi connectivity index (χ1v) is 9.30. The molecule has 0 atom stereocenters. The second kappa shape index (κ2) is 8.14. The number of amides is 3. The number of nitrogens with one attached hydrogen (secondary N) is 4. The Hall–Kier alpha value is -2.98. The summed E-state index contributed by atoms with van der Waals surface area (Å²) in [5.41, 5.74) is 4.51. The van der Waals surface area contributed by atoms with Gasteiger partial charge in [-0.25, -0.2) is 0 Å². The fourth-order valence-corrected chi connectivity index (χ4v) is 3.54. The molecule has 0 saturated heterocycles. The van der Waals surface area contributed by atoms with Crippen molar-refractivity contribution < 1.29 is 14.4 Å². The predicted octanol–water partition coefficient (Wildman–Crippen LogP) is 1.54. The smallest absolute Gasteiger partial charge is 0.279 e. The number of H-pyrrole nitrogens is 1. The first-order chi connectivity index (χ1) is 13.0. The molecule has 3 aromatic rings. The van der Waals surface area contributed by atoms with Gasteiger partial charge in [-0.15, -0.1) is 11.3 Å². The number of aromatic amines is 1. The van der Waals surface area contributed by atoms with Gasteiger partial charge in [0, 0.05) is 17.1 Å². The van der Waals surface area contributed by atoms with Crippen LogP contribution in [0, 0.1) is 0 Å². The summed E-state index contributed by atoms with van der Waals surface area (Å²) in [6, 6.07) is 10.1. The first-order valence-electron chi connectivity index (χ1n) is 7.69. The fourth-order valence-electron chi connectivity index (χ4n) is 2.26. The number of thiophene rings is 1. The minimum atomic E-state index is -0.689. The molecule has 2 aromatic heterocycles. The molecule has 0 aliphatic rings. The minimum absolute atomic E-state index is 0.103. The van der Waals surface area contributed by atoms with E-state index in [9.17, 15) is 19.2 Å². The summed E-state index contributed by atoms with van der Waals surface area (Å²) < 4.78 is 0.784. The van der Waals surface area contributed by atoms with Crippen molar-refractivity contribution in [3.8, 4) is 0 Å². The lowest BCUT2D eigenvalue weighted by atomic mass is 10.1. The van der Waals surface area contributed by atoms with Crippen LogP contribution in [-0.4, -0.2) is 29.3 Å². The standard InChI is InChI=1S/C17H13BrN4O4S/c18-13-6-5-12(27-13)17(26)22-21-14(23)8-20-16(25)10-7-19-11-4-2-1-3-9(11)15(10)24/h1-7H,8H2,(H,19,24)(H,20,25)(H,21,23)(H,22,26). The molecule has 4 N–H and O–H groups in total. The summed E-state index contributed by atoms with van der Waals surface area (Å²) in [5.74, 6) is -1.80. The SMILES string of the molecule is O=C(CNC(=O)c1c[nH]c2ccccc2c1=O)NNC(=O)c1ccc(Br)s1. The molecule has 138 valence electrons. The summed E-state index contributed by atoms with van der Waals surface area (Å²) in [6.45, 7) is -0.403. The van der Waals surface area contributed by atoms with Crippen molar-refractivity contribution >= 4 is 55.9 Å². The maximum absolute atomic E-state index is 12.3. The van der Waals surface area contributed by atoms with Crippen LogP contribution in [0.3, 0.4) is 0 Å². The van der Waals surface area contributed by atoms with Crippen LogP contribution in [0.5, 0.6) is 0 Å². The number of rotatable bonds is 4. The van der Waals surface area contributed by atoms with Crippen molar-refractivity contribution in [3.05, 3.63) is 67.0 Å². The lowest BCUT2D eigenvalue weighted by molar-refractivity contribution is -0.120. The zero-order valence-electron chi connectivity index (χ0n) is 13.7. The Labute approximate surface area is 165 Å². The van der Waals surface area contributed by atoms with E-state index in [2.05, 4.69) is 37.1 Å². The molecule has 0 aliphatic carbocycles. The van der Waals surface area contributed by atoms with E-state index in [0.29, 0.717) is 15.8 Å². The molecule has 0 bridgehead atoms. The van der Waals surface area contributed by atoms with E-state index in [1.807, 2.05) is 0 Å². The molecule has 0 fully saturated rings. The van der Waals surface area contributed by atoms with E-state index in [0.717, 1.165) is 3.79 Å². The second-order valence-corrected chi connectivity index (χ2v) is 7.83. The lowest BCUT2D eigenvalue weighted by Gasteiger charge is -2.08. The Kier molecular flexibility index (Phi) is 5.67. The lowest BCUT2D eigenvalue weighted by Crippen LogP contribution is -2.46. The topological polar surface area (TPSA) is 120 Å². The molecule has 10 heteroatoms. The molecular weight excluding hydrogens is 436 g/mol. The van der Waals surface area contributed by atoms with Gasteiger partial charge in [-0.1, -0.05) is 12.1 Å². The van der Waals surface area contributed by atoms with Crippen LogP contribution in [0.2, 0.25) is 0 Å². The zero-order chi connectivity index (χ0) is 19.4. The van der Waals surface area contributed by atoms with Crippen molar-refractivity contribution in [2.45, 2.75) is 0 Å². The number of para-hydroxylation sites is 1. The number of carbonyl (C=O) groups is 3. The number of carbonyl (C=O) groups excluding carboxylic acids is 3. The third-order valence-corrected chi connectivity index (χ3v) is 5.18. The third kappa shape index (κ3) is 4.41. The van der Waals surface area contributed by atoms with Gasteiger partial charge in [0.15, 0.2) is 0 Å². The molecule has 1 aromatic carbocycles. The van der Waals surface area contributed by atoms with Crippen LogP contribution in [0.4, 0.5) is 0 Å². The molecular formula is C17H13BrN4O4S. The number of hydrogen-bond acceptors (Lipinski definition) is 5. The highest BCUT2D eigenvalue weighted by atomic mass is 79.9. The number of hydrogen-bond donors (Lipinski definition) is 4. The second-order valence-electron chi connectivity index (χ2n) is 5.37. The zero-order valence-corrected chi connectivity index (χ0v) is 16.1. The highest BCUT2D eigenvalue weighted by Crippen LogP contribution is 2.21. The van der Waals surface area contributed by atoms with Gasteiger partial charge in [0.05, 0.1) is 15.2 Å². The number of pyridine rings is 1. The van der Waals surface area contributed by atoms with E-state index in [1.54, 1.807) is 36.4 Å². The Morgan fingerprint density at radius 2 is 1.81 bits per heavy atom. The van der Waals surface area contributed by atoms with Gasteiger partial charge >= 0.3 is 0 Å². The van der Waals surface area contributed by atoms with Gasteiger partial charge in [0.25, 0.3) is 17.7 Å². The van der Waals surface area contributed by atoms with Crippen molar-refractivity contribution in [1.82, 2.24) is 21.2 Å². The van der Waals surface area contributed by atoms with E-state index in [1.165, 1.54) is 17.5 Å². The van der Waals surface area contributed by atoms with E-state index >= 15 is 0 Å². The van der Waals surface area contributed by atoms with Crippen molar-refractivity contribution in [1.29, 1.82) is 0 Å². The summed E-state index contributed by atoms with van der Waals surface area (Å²) in [6.07, 6.45) is 1.30. The van der Waals surface area contributed by atoms with E-state index in [4.69, 9.17) is 0 Å². The normalized spacial score (nSPS) is 10.4. The van der Waals surface area contributed by atoms with Gasteiger partial charge < -0.3 is 10.3 Å². The van der Waals surface area contributed by atoms with Gasteiger partial charge in [-0.2, -0.15) is 0 Å². The number of fused-ring (bicyclic) bond motifs is 1. The van der Waals surface area contributed by atoms with Crippen LogP contribution in [0.25, 0.3) is 10.9 Å². The fraction of sp³-hybridized carbons (Fsp3) is 0.0588. The van der Waals surface area contributed by atoms with Crippen molar-refractivity contribution in [2.75, 3.05) is 6.54 Å². The average Bonchev–Trinajstić information content (AvgIpc) is 3.11. The van der Waals surface area contributed by atoms with Crippen LogP contribution in [0.15, 0.2) is 51.2 Å². The molecule has 27 heavy (non-hydrogen) atoms. The van der Waals surface area contributed by atoms with Crippen molar-refractivity contribution in [3.63, 3.8) is 0 Å². The Balaban J connectivity index is 1.56. The molecule has 3 rings (SSSR count). The summed E-state index contributed by atoms with van der Waals surface area (Å²) >= 11 is 4.45. The molecule has 3 amide bonds. The van der Waals surface area contributed by atoms with Gasteiger partial charge in [-0.3, -0.25) is 30.0 Å². The highest BCUT2D eigenvalue weighted by molar-refractivity contribution is 9.11. The van der Waals surface area contributed by atoms with E-state index in [-0.39, 0.29) is 5.56 Å². The molecule has 0 spiro atoms. The van der Waals surface area contributed by atoms with Gasteiger partial charge in [0.2, 0.25) is 5.43 Å². The maximum Gasteiger partial charge on any atom is 0.279 e. The quantitative estimate of drug-likeness (QED) is 0.452. The summed E-state index contributed by atoms with van der Waals surface area (Å²) in [5, 5.41) is 2.72. The highest BCUT2D eigenvalue weighted by Gasteiger charge is 2.14. The third-order valence-electron chi connectivity index (χ3n) is 3.55. The largest absolute Gasteiger partial charge is 0.360 e. The van der Waals surface area contributed by atoms with Crippen LogP contribution < -0.4 is 21.6 Å². The molecule has 0 radical (unpaired) electrons. The Morgan fingerprint density at radius 1 is 1.04 bits per heavy atom.